The fourth-order valence-corrected chi connectivity index (χ4v) is 1.91. The van der Waals surface area contributed by atoms with E-state index >= 15 is 0 Å². The topological polar surface area (TPSA) is 55.1 Å². The van der Waals surface area contributed by atoms with Crippen molar-refractivity contribution in [1.82, 2.24) is 5.32 Å². The van der Waals surface area contributed by atoms with Crippen molar-refractivity contribution in [3.63, 3.8) is 0 Å². The number of carbonyl (C=O) groups is 1. The van der Waals surface area contributed by atoms with Crippen molar-refractivity contribution in [2.24, 2.45) is 17.1 Å². The molecule has 0 aromatic rings. The molecular weight excluding hydrogens is 212 g/mol. The van der Waals surface area contributed by atoms with Crippen LogP contribution in [0, 0.1) is 11.3 Å². The molecule has 0 aliphatic carbocycles. The van der Waals surface area contributed by atoms with Crippen LogP contribution in [0.4, 0.5) is 0 Å². The molecule has 1 unspecified atom stereocenters. The zero-order valence-corrected chi connectivity index (χ0v) is 12.2. The number of nitrogens with one attached hydrogen (secondary N) is 1. The Bertz CT molecular complexity index is 219. The first-order valence-electron chi connectivity index (χ1n) is 6.73. The summed E-state index contributed by atoms with van der Waals surface area (Å²) in [6.45, 7) is 11.6. The van der Waals surface area contributed by atoms with Crippen LogP contribution in [-0.2, 0) is 4.79 Å². The van der Waals surface area contributed by atoms with Gasteiger partial charge >= 0.3 is 0 Å². The van der Waals surface area contributed by atoms with Crippen molar-refractivity contribution >= 4 is 5.91 Å². The first-order valence-corrected chi connectivity index (χ1v) is 6.73. The van der Waals surface area contributed by atoms with E-state index in [1.54, 1.807) is 0 Å². The first kappa shape index (κ1) is 16.4. The fraction of sp³-hybridized carbons (Fsp3) is 0.929. The summed E-state index contributed by atoms with van der Waals surface area (Å²) < 4.78 is 0. The molecule has 1 atom stereocenters. The van der Waals surface area contributed by atoms with Gasteiger partial charge < -0.3 is 11.1 Å². The molecule has 1 amide bonds. The Labute approximate surface area is 107 Å². The second kappa shape index (κ2) is 7.70. The lowest BCUT2D eigenvalue weighted by molar-refractivity contribution is -0.121. The molecule has 0 rings (SSSR count). The Morgan fingerprint density at radius 3 is 2.35 bits per heavy atom. The molecule has 102 valence electrons. The summed E-state index contributed by atoms with van der Waals surface area (Å²) in [6.07, 6.45) is 3.54. The molecule has 0 saturated carbocycles. The zero-order chi connectivity index (χ0) is 13.5. The quantitative estimate of drug-likeness (QED) is 0.674. The zero-order valence-electron chi connectivity index (χ0n) is 12.2. The van der Waals surface area contributed by atoms with Crippen molar-refractivity contribution in [1.29, 1.82) is 0 Å². The number of hydrogen-bond donors (Lipinski definition) is 2. The summed E-state index contributed by atoms with van der Waals surface area (Å²) >= 11 is 0. The maximum Gasteiger partial charge on any atom is 0.221 e. The molecule has 0 heterocycles. The van der Waals surface area contributed by atoms with Gasteiger partial charge in [-0.25, -0.2) is 0 Å². The third-order valence-electron chi connectivity index (χ3n) is 2.60. The van der Waals surface area contributed by atoms with Gasteiger partial charge in [0.15, 0.2) is 0 Å². The van der Waals surface area contributed by atoms with Gasteiger partial charge in [0.05, 0.1) is 0 Å². The number of rotatable bonds is 7. The minimum atomic E-state index is -0.0277. The number of nitrogens with two attached hydrogens (primary N) is 1. The maximum atomic E-state index is 11.6. The van der Waals surface area contributed by atoms with Crippen molar-refractivity contribution in [3.8, 4) is 0 Å². The van der Waals surface area contributed by atoms with Gasteiger partial charge in [-0.15, -0.1) is 0 Å². The molecule has 0 aromatic heterocycles. The second-order valence-corrected chi connectivity index (χ2v) is 6.62. The van der Waals surface area contributed by atoms with Gasteiger partial charge in [0.25, 0.3) is 0 Å². The lowest BCUT2D eigenvalue weighted by Crippen LogP contribution is -2.34. The number of amides is 1. The van der Waals surface area contributed by atoms with Gasteiger partial charge in [-0.2, -0.15) is 0 Å². The Hall–Kier alpha value is -0.570. The summed E-state index contributed by atoms with van der Waals surface area (Å²) in [4.78, 5) is 11.6. The third-order valence-corrected chi connectivity index (χ3v) is 2.60. The molecule has 0 aromatic carbocycles. The van der Waals surface area contributed by atoms with Gasteiger partial charge in [-0.05, 0) is 30.6 Å². The van der Waals surface area contributed by atoms with E-state index in [1.807, 2.05) is 0 Å². The van der Waals surface area contributed by atoms with E-state index < -0.39 is 0 Å². The van der Waals surface area contributed by atoms with Crippen molar-refractivity contribution < 1.29 is 4.79 Å². The molecule has 17 heavy (non-hydrogen) atoms. The minimum absolute atomic E-state index is 0.0277. The van der Waals surface area contributed by atoms with E-state index in [2.05, 4.69) is 39.9 Å². The molecule has 3 heteroatoms. The smallest absolute Gasteiger partial charge is 0.221 e. The van der Waals surface area contributed by atoms with E-state index in [4.69, 9.17) is 5.73 Å². The molecule has 0 saturated heterocycles. The van der Waals surface area contributed by atoms with E-state index in [0.29, 0.717) is 12.3 Å². The Balaban J connectivity index is 3.65. The predicted molar refractivity (Wildman–Crippen MR) is 73.7 cm³/mol. The third kappa shape index (κ3) is 11.7. The average Bonchev–Trinajstić information content (AvgIpc) is 2.08. The highest BCUT2D eigenvalue weighted by Crippen LogP contribution is 2.20. The van der Waals surface area contributed by atoms with Gasteiger partial charge in [-0.3, -0.25) is 4.79 Å². The summed E-state index contributed by atoms with van der Waals surface area (Å²) in [5.41, 5.74) is 6.14. The molecular formula is C14H30N2O. The predicted octanol–water partition coefficient (Wildman–Crippen LogP) is 2.69. The van der Waals surface area contributed by atoms with Gasteiger partial charge in [0.1, 0.15) is 0 Å². The van der Waals surface area contributed by atoms with Crippen LogP contribution < -0.4 is 11.1 Å². The highest BCUT2D eigenvalue weighted by molar-refractivity contribution is 5.76. The molecule has 3 nitrogen and oxygen atoms in total. The highest BCUT2D eigenvalue weighted by Gasteiger charge is 2.17. The number of hydrogen-bond acceptors (Lipinski definition) is 2. The van der Waals surface area contributed by atoms with Crippen LogP contribution in [0.5, 0.6) is 0 Å². The molecule has 0 radical (unpaired) electrons. The van der Waals surface area contributed by atoms with E-state index in [1.165, 1.54) is 0 Å². The molecule has 0 aliphatic rings. The van der Waals surface area contributed by atoms with Crippen LogP contribution >= 0.6 is 0 Å². The van der Waals surface area contributed by atoms with Gasteiger partial charge in [0, 0.05) is 19.0 Å². The molecule has 0 bridgehead atoms. The molecule has 0 aliphatic heterocycles. The summed E-state index contributed by atoms with van der Waals surface area (Å²) in [5, 5.41) is 2.94. The SMILES string of the molecule is CC(C)CCCNC(=O)CC(N)CC(C)(C)C. The summed E-state index contributed by atoms with van der Waals surface area (Å²) in [7, 11) is 0. The van der Waals surface area contributed by atoms with Crippen LogP contribution in [-0.4, -0.2) is 18.5 Å². The van der Waals surface area contributed by atoms with Crippen LogP contribution in [0.2, 0.25) is 0 Å². The lowest BCUT2D eigenvalue weighted by Gasteiger charge is -2.22. The normalized spacial score (nSPS) is 13.8. The van der Waals surface area contributed by atoms with Crippen LogP contribution in [0.15, 0.2) is 0 Å². The highest BCUT2D eigenvalue weighted by atomic mass is 16.1. The monoisotopic (exact) mass is 242 g/mol. The molecule has 0 spiro atoms. The summed E-state index contributed by atoms with van der Waals surface area (Å²) in [5.74, 6) is 0.792. The lowest BCUT2D eigenvalue weighted by atomic mass is 9.87. The van der Waals surface area contributed by atoms with Crippen LogP contribution in [0.1, 0.15) is 60.3 Å². The first-order chi connectivity index (χ1) is 7.70. The van der Waals surface area contributed by atoms with Crippen LogP contribution in [0.25, 0.3) is 0 Å². The van der Waals surface area contributed by atoms with E-state index in [0.717, 1.165) is 25.8 Å². The van der Waals surface area contributed by atoms with E-state index in [-0.39, 0.29) is 17.4 Å². The fourth-order valence-electron chi connectivity index (χ4n) is 1.91. The largest absolute Gasteiger partial charge is 0.356 e. The van der Waals surface area contributed by atoms with E-state index in [9.17, 15) is 4.79 Å². The van der Waals surface area contributed by atoms with Crippen molar-refractivity contribution in [2.75, 3.05) is 6.54 Å². The minimum Gasteiger partial charge on any atom is -0.356 e. The number of carbonyl (C=O) groups excluding carboxylic acids is 1. The standard InChI is InChI=1S/C14H30N2O/c1-11(2)7-6-8-16-13(17)9-12(15)10-14(3,4)5/h11-12H,6-10,15H2,1-5H3,(H,16,17). The Morgan fingerprint density at radius 2 is 1.88 bits per heavy atom. The average molecular weight is 242 g/mol. The second-order valence-electron chi connectivity index (χ2n) is 6.62. The summed E-state index contributed by atoms with van der Waals surface area (Å²) in [6, 6.07) is -0.0277. The molecule has 0 fully saturated rings. The van der Waals surface area contributed by atoms with Crippen LogP contribution in [0.3, 0.4) is 0 Å². The maximum absolute atomic E-state index is 11.6. The van der Waals surface area contributed by atoms with Gasteiger partial charge in [0.2, 0.25) is 5.91 Å². The van der Waals surface area contributed by atoms with Crippen molar-refractivity contribution in [3.05, 3.63) is 0 Å². The Kier molecular flexibility index (Phi) is 7.44. The molecule has 3 N–H and O–H groups in total. The Morgan fingerprint density at radius 1 is 1.29 bits per heavy atom. The van der Waals surface area contributed by atoms with Crippen molar-refractivity contribution in [2.45, 2.75) is 66.3 Å². The van der Waals surface area contributed by atoms with Gasteiger partial charge in [-0.1, -0.05) is 34.6 Å².